The van der Waals surface area contributed by atoms with Crippen molar-refractivity contribution >= 4 is 48.9 Å². The van der Waals surface area contributed by atoms with E-state index >= 15 is 0 Å². The highest BCUT2D eigenvalue weighted by Gasteiger charge is 2.16. The molecule has 9 nitrogen and oxygen atoms in total. The maximum absolute atomic E-state index is 12.6. The minimum absolute atomic E-state index is 0.0244. The van der Waals surface area contributed by atoms with E-state index in [2.05, 4.69) is 20.1 Å². The van der Waals surface area contributed by atoms with Crippen molar-refractivity contribution in [2.75, 3.05) is 10.0 Å². The second-order valence-corrected chi connectivity index (χ2v) is 10.3. The molecule has 180 valence electrons. The molecular formula is C25H19N5O4S2. The Morgan fingerprint density at radius 1 is 0.944 bits per heavy atom. The lowest BCUT2D eigenvalue weighted by Gasteiger charge is -2.10. The molecule has 0 aliphatic rings. The van der Waals surface area contributed by atoms with Crippen LogP contribution in [0.1, 0.15) is 0 Å². The van der Waals surface area contributed by atoms with Crippen LogP contribution in [0.5, 0.6) is 0 Å². The Hall–Kier alpha value is -4.35. The van der Waals surface area contributed by atoms with Gasteiger partial charge in [0, 0.05) is 28.9 Å². The van der Waals surface area contributed by atoms with E-state index in [1.54, 1.807) is 11.4 Å². The van der Waals surface area contributed by atoms with Crippen molar-refractivity contribution in [3.63, 3.8) is 0 Å². The summed E-state index contributed by atoms with van der Waals surface area (Å²) in [5, 5.41) is 11.0. The van der Waals surface area contributed by atoms with Crippen LogP contribution in [0.3, 0.4) is 0 Å². The first-order valence-electron chi connectivity index (χ1n) is 10.8. The predicted octanol–water partition coefficient (Wildman–Crippen LogP) is 3.96. The average Bonchev–Trinajstić information content (AvgIpc) is 3.38. The molecule has 3 aromatic carbocycles. The van der Waals surface area contributed by atoms with Gasteiger partial charge >= 0.3 is 0 Å². The molecule has 5 rings (SSSR count). The molecule has 11 heteroatoms. The number of aromatic nitrogens is 3. The quantitative estimate of drug-likeness (QED) is 0.337. The molecule has 0 radical (unpaired) electrons. The average molecular weight is 518 g/mol. The van der Waals surface area contributed by atoms with Crippen molar-refractivity contribution in [2.45, 2.75) is 11.4 Å². The summed E-state index contributed by atoms with van der Waals surface area (Å²) in [7, 11) is -3.80. The Labute approximate surface area is 210 Å². The number of amides is 1. The van der Waals surface area contributed by atoms with Gasteiger partial charge in [-0.25, -0.2) is 18.1 Å². The number of nitrogens with zero attached hydrogens (tertiary/aromatic N) is 3. The Kier molecular flexibility index (Phi) is 6.32. The molecule has 1 amide bonds. The first kappa shape index (κ1) is 23.4. The summed E-state index contributed by atoms with van der Waals surface area (Å²) in [4.78, 5) is 29.0. The van der Waals surface area contributed by atoms with Gasteiger partial charge in [0.1, 0.15) is 6.54 Å². The smallest absolute Gasteiger partial charge is 0.267 e. The number of rotatable bonds is 7. The van der Waals surface area contributed by atoms with Crippen molar-refractivity contribution in [1.29, 1.82) is 0 Å². The van der Waals surface area contributed by atoms with E-state index in [0.29, 0.717) is 11.4 Å². The van der Waals surface area contributed by atoms with Gasteiger partial charge in [-0.3, -0.25) is 14.3 Å². The summed E-state index contributed by atoms with van der Waals surface area (Å²) in [6, 6.07) is 22.4. The van der Waals surface area contributed by atoms with Gasteiger partial charge < -0.3 is 5.32 Å². The summed E-state index contributed by atoms with van der Waals surface area (Å²) < 4.78 is 28.4. The minimum atomic E-state index is -3.80. The number of sulfonamides is 1. The third-order valence-electron chi connectivity index (χ3n) is 5.33. The number of nitrogens with one attached hydrogen (secondary N) is 2. The number of hydrogen-bond donors (Lipinski definition) is 2. The Morgan fingerprint density at radius 3 is 2.50 bits per heavy atom. The molecular weight excluding hydrogens is 498 g/mol. The SMILES string of the molecule is O=C(Cn1nc(-c2cccc3ccccc23)ccc1=O)Nc1ccc(S(=O)(=O)Nc2nccs2)cc1. The number of fused-ring (bicyclic) bond motifs is 1. The molecule has 5 aromatic rings. The van der Waals surface area contributed by atoms with E-state index in [1.807, 2.05) is 42.5 Å². The van der Waals surface area contributed by atoms with Gasteiger partial charge in [0.2, 0.25) is 5.91 Å². The van der Waals surface area contributed by atoms with Crippen LogP contribution < -0.4 is 15.6 Å². The summed E-state index contributed by atoms with van der Waals surface area (Å²) in [5.74, 6) is -0.476. The van der Waals surface area contributed by atoms with Crippen LogP contribution in [0.15, 0.2) is 100 Å². The highest BCUT2D eigenvalue weighted by molar-refractivity contribution is 7.93. The summed E-state index contributed by atoms with van der Waals surface area (Å²) in [6.45, 7) is -0.302. The fourth-order valence-electron chi connectivity index (χ4n) is 3.66. The zero-order chi connectivity index (χ0) is 25.1. The van der Waals surface area contributed by atoms with Crippen molar-refractivity contribution in [2.24, 2.45) is 0 Å². The fraction of sp³-hybridized carbons (Fsp3) is 0.0400. The van der Waals surface area contributed by atoms with Crippen LogP contribution in [-0.2, 0) is 21.4 Å². The van der Waals surface area contributed by atoms with Crippen LogP contribution in [0, 0.1) is 0 Å². The largest absolute Gasteiger partial charge is 0.324 e. The lowest BCUT2D eigenvalue weighted by atomic mass is 10.0. The second-order valence-electron chi connectivity index (χ2n) is 7.76. The summed E-state index contributed by atoms with van der Waals surface area (Å²) in [5.41, 5.74) is 1.39. The van der Waals surface area contributed by atoms with E-state index in [1.165, 1.54) is 47.9 Å². The summed E-state index contributed by atoms with van der Waals surface area (Å²) in [6.07, 6.45) is 1.50. The number of carbonyl (C=O) groups is 1. The molecule has 0 fully saturated rings. The molecule has 2 heterocycles. The number of carbonyl (C=O) groups excluding carboxylic acids is 1. The highest BCUT2D eigenvalue weighted by atomic mass is 32.2. The van der Waals surface area contributed by atoms with Crippen LogP contribution in [0.25, 0.3) is 22.0 Å². The van der Waals surface area contributed by atoms with Gasteiger partial charge in [0.05, 0.1) is 10.6 Å². The van der Waals surface area contributed by atoms with Gasteiger partial charge in [-0.15, -0.1) is 11.3 Å². The van der Waals surface area contributed by atoms with Gasteiger partial charge in [-0.05, 0) is 41.1 Å². The molecule has 36 heavy (non-hydrogen) atoms. The normalized spacial score (nSPS) is 11.3. The van der Waals surface area contributed by atoms with Crippen LogP contribution in [0.2, 0.25) is 0 Å². The highest BCUT2D eigenvalue weighted by Crippen LogP contribution is 2.26. The zero-order valence-corrected chi connectivity index (χ0v) is 20.3. The van der Waals surface area contributed by atoms with E-state index in [4.69, 9.17) is 0 Å². The number of anilines is 2. The Balaban J connectivity index is 1.31. The number of thiazole rings is 1. The Bertz CT molecular complexity index is 1710. The summed E-state index contributed by atoms with van der Waals surface area (Å²) >= 11 is 1.17. The van der Waals surface area contributed by atoms with Gasteiger partial charge in [-0.1, -0.05) is 42.5 Å². The van der Waals surface area contributed by atoms with E-state index < -0.39 is 21.5 Å². The first-order chi connectivity index (χ1) is 17.4. The third-order valence-corrected chi connectivity index (χ3v) is 7.50. The van der Waals surface area contributed by atoms with Crippen LogP contribution >= 0.6 is 11.3 Å². The molecule has 2 N–H and O–H groups in total. The van der Waals surface area contributed by atoms with Gasteiger partial charge in [0.25, 0.3) is 15.6 Å². The van der Waals surface area contributed by atoms with E-state index in [-0.39, 0.29) is 16.6 Å². The number of hydrogen-bond acceptors (Lipinski definition) is 7. The molecule has 2 aromatic heterocycles. The van der Waals surface area contributed by atoms with Gasteiger partial charge in [-0.2, -0.15) is 5.10 Å². The molecule has 0 aliphatic carbocycles. The van der Waals surface area contributed by atoms with E-state index in [0.717, 1.165) is 21.0 Å². The maximum atomic E-state index is 12.6. The molecule has 0 bridgehead atoms. The topological polar surface area (TPSA) is 123 Å². The number of benzene rings is 3. The fourth-order valence-corrected chi connectivity index (χ4v) is 5.45. The van der Waals surface area contributed by atoms with Crippen LogP contribution in [-0.4, -0.2) is 29.1 Å². The zero-order valence-electron chi connectivity index (χ0n) is 18.7. The lowest BCUT2D eigenvalue weighted by Crippen LogP contribution is -2.29. The first-order valence-corrected chi connectivity index (χ1v) is 13.1. The second kappa shape index (κ2) is 9.72. The van der Waals surface area contributed by atoms with E-state index in [9.17, 15) is 18.0 Å². The van der Waals surface area contributed by atoms with Crippen molar-refractivity contribution in [3.8, 4) is 11.3 Å². The van der Waals surface area contributed by atoms with Crippen molar-refractivity contribution < 1.29 is 13.2 Å². The molecule has 0 saturated heterocycles. The predicted molar refractivity (Wildman–Crippen MR) is 139 cm³/mol. The standard InChI is InChI=1S/C25H19N5O4S2/c31-23(27-18-8-10-19(11-9-18)36(33,34)29-25-26-14-15-35-25)16-30-24(32)13-12-22(28-30)21-7-3-5-17-4-1-2-6-20(17)21/h1-15H,16H2,(H,26,29)(H,27,31). The lowest BCUT2D eigenvalue weighted by molar-refractivity contribution is -0.117. The van der Waals surface area contributed by atoms with Crippen molar-refractivity contribution in [3.05, 3.63) is 101 Å². The third kappa shape index (κ3) is 5.02. The molecule has 0 spiro atoms. The minimum Gasteiger partial charge on any atom is -0.324 e. The maximum Gasteiger partial charge on any atom is 0.267 e. The molecule has 0 unspecified atom stereocenters. The molecule has 0 atom stereocenters. The van der Waals surface area contributed by atoms with Crippen LogP contribution in [0.4, 0.5) is 10.8 Å². The van der Waals surface area contributed by atoms with Crippen molar-refractivity contribution in [1.82, 2.24) is 14.8 Å². The Morgan fingerprint density at radius 2 is 1.72 bits per heavy atom. The molecule has 0 saturated carbocycles. The monoisotopic (exact) mass is 517 g/mol. The molecule has 0 aliphatic heterocycles. The van der Waals surface area contributed by atoms with Gasteiger partial charge in [0.15, 0.2) is 5.13 Å².